The van der Waals surface area contributed by atoms with Crippen molar-refractivity contribution in [3.05, 3.63) is 11.8 Å². The first-order valence-corrected chi connectivity index (χ1v) is 7.11. The van der Waals surface area contributed by atoms with Crippen LogP contribution in [0.15, 0.2) is 10.6 Å². The predicted octanol–water partition coefficient (Wildman–Crippen LogP) is -0.489. The van der Waals surface area contributed by atoms with Gasteiger partial charge in [-0.25, -0.2) is 0 Å². The molecule has 1 aromatic rings. The molecule has 7 heteroatoms. The summed E-state index contributed by atoms with van der Waals surface area (Å²) in [5.41, 5.74) is 0. The minimum absolute atomic E-state index is 0.0305. The molecule has 3 rings (SSSR count). The second-order valence-corrected chi connectivity index (χ2v) is 5.50. The van der Waals surface area contributed by atoms with Gasteiger partial charge in [-0.3, -0.25) is 14.6 Å². The van der Waals surface area contributed by atoms with Gasteiger partial charge in [0.25, 0.3) is 0 Å². The second kappa shape index (κ2) is 5.90. The maximum atomic E-state index is 11.9. The van der Waals surface area contributed by atoms with Gasteiger partial charge in [0, 0.05) is 51.4 Å². The van der Waals surface area contributed by atoms with Crippen molar-refractivity contribution < 1.29 is 9.32 Å². The van der Waals surface area contributed by atoms with Crippen LogP contribution in [0.3, 0.4) is 0 Å². The Labute approximate surface area is 118 Å². The van der Waals surface area contributed by atoms with Gasteiger partial charge in [0.15, 0.2) is 5.82 Å². The maximum Gasteiger partial charge on any atom is 0.239 e. The monoisotopic (exact) mass is 279 g/mol. The summed E-state index contributed by atoms with van der Waals surface area (Å²) in [6.07, 6.45) is 0. The summed E-state index contributed by atoms with van der Waals surface area (Å²) >= 11 is 0. The minimum atomic E-state index is -0.0305. The van der Waals surface area contributed by atoms with Crippen LogP contribution in [0.2, 0.25) is 0 Å². The Morgan fingerprint density at radius 2 is 2.20 bits per heavy atom. The molecule has 20 heavy (non-hydrogen) atoms. The highest BCUT2D eigenvalue weighted by atomic mass is 16.5. The van der Waals surface area contributed by atoms with E-state index in [0.717, 1.165) is 39.3 Å². The van der Waals surface area contributed by atoms with Crippen LogP contribution in [0.1, 0.15) is 5.76 Å². The van der Waals surface area contributed by atoms with E-state index in [1.165, 1.54) is 0 Å². The number of aromatic nitrogens is 1. The van der Waals surface area contributed by atoms with Crippen LogP contribution >= 0.6 is 0 Å². The lowest BCUT2D eigenvalue weighted by atomic mass is 10.1. The molecule has 2 N–H and O–H groups in total. The summed E-state index contributed by atoms with van der Waals surface area (Å²) in [6.45, 7) is 8.41. The fraction of sp³-hybridized carbons (Fsp3) is 0.692. The molecule has 0 atom stereocenters. The van der Waals surface area contributed by atoms with Crippen molar-refractivity contribution in [3.8, 4) is 0 Å². The highest BCUT2D eigenvalue weighted by molar-refractivity contribution is 5.91. The molecule has 0 radical (unpaired) electrons. The van der Waals surface area contributed by atoms with Crippen LogP contribution in [0.25, 0.3) is 0 Å². The first-order chi connectivity index (χ1) is 9.70. The van der Waals surface area contributed by atoms with Crippen molar-refractivity contribution in [2.24, 2.45) is 0 Å². The Hall–Kier alpha value is -1.44. The molecule has 2 aliphatic rings. The molecule has 0 unspecified atom stereocenters. The van der Waals surface area contributed by atoms with Crippen LogP contribution in [-0.2, 0) is 4.79 Å². The Kier molecular flexibility index (Phi) is 4.00. The zero-order chi connectivity index (χ0) is 13.9. The summed E-state index contributed by atoms with van der Waals surface area (Å²) < 4.78 is 4.92. The van der Waals surface area contributed by atoms with Gasteiger partial charge < -0.3 is 15.2 Å². The van der Waals surface area contributed by atoms with Gasteiger partial charge in [0.2, 0.25) is 5.91 Å². The van der Waals surface area contributed by atoms with Crippen molar-refractivity contribution in [3.63, 3.8) is 0 Å². The van der Waals surface area contributed by atoms with E-state index in [2.05, 4.69) is 25.6 Å². The number of nitrogens with zero attached hydrogens (tertiary/aromatic N) is 3. The zero-order valence-electron chi connectivity index (χ0n) is 11.8. The molecular weight excluding hydrogens is 258 g/mol. The van der Waals surface area contributed by atoms with E-state index in [1.54, 1.807) is 13.0 Å². The Morgan fingerprint density at radius 1 is 1.45 bits per heavy atom. The van der Waals surface area contributed by atoms with Gasteiger partial charge in [-0.15, -0.1) is 0 Å². The molecule has 1 aromatic heterocycles. The van der Waals surface area contributed by atoms with Crippen LogP contribution in [0.4, 0.5) is 5.82 Å². The number of piperazine rings is 1. The zero-order valence-corrected chi connectivity index (χ0v) is 11.8. The van der Waals surface area contributed by atoms with E-state index < -0.39 is 0 Å². The number of nitrogens with one attached hydrogen (secondary N) is 2. The molecule has 0 aromatic carbocycles. The summed E-state index contributed by atoms with van der Waals surface area (Å²) in [7, 11) is 0. The lowest BCUT2D eigenvalue weighted by Crippen LogP contribution is -2.61. The molecule has 3 heterocycles. The van der Waals surface area contributed by atoms with Crippen LogP contribution in [0, 0.1) is 6.92 Å². The van der Waals surface area contributed by atoms with E-state index in [1.807, 2.05) is 0 Å². The van der Waals surface area contributed by atoms with E-state index in [0.29, 0.717) is 24.2 Å². The number of amides is 1. The third-order valence-electron chi connectivity index (χ3n) is 3.95. The number of hydrogen-bond acceptors (Lipinski definition) is 6. The molecule has 2 aliphatic heterocycles. The van der Waals surface area contributed by atoms with Gasteiger partial charge in [-0.05, 0) is 6.92 Å². The summed E-state index contributed by atoms with van der Waals surface area (Å²) in [4.78, 5) is 16.6. The van der Waals surface area contributed by atoms with Gasteiger partial charge in [-0.2, -0.15) is 0 Å². The minimum Gasteiger partial charge on any atom is -0.360 e. The molecule has 2 fully saturated rings. The third kappa shape index (κ3) is 3.17. The highest BCUT2D eigenvalue weighted by Crippen LogP contribution is 2.10. The summed E-state index contributed by atoms with van der Waals surface area (Å²) in [5.74, 6) is 1.16. The molecular formula is C13H21N5O2. The standard InChI is InChI=1S/C13H21N5O2/c1-10-6-12(16-20-10)15-13(19)9-17-2-4-18(5-3-17)11-7-14-8-11/h6,11,14H,2-5,7-9H2,1H3,(H,15,16,19). The second-order valence-electron chi connectivity index (χ2n) is 5.50. The first-order valence-electron chi connectivity index (χ1n) is 7.11. The Balaban J connectivity index is 1.41. The fourth-order valence-corrected chi connectivity index (χ4v) is 2.63. The summed E-state index contributed by atoms with van der Waals surface area (Å²) in [5, 5.41) is 9.82. The first kappa shape index (κ1) is 13.5. The fourth-order valence-electron chi connectivity index (χ4n) is 2.63. The van der Waals surface area contributed by atoms with E-state index in [9.17, 15) is 4.79 Å². The lowest BCUT2D eigenvalue weighted by molar-refractivity contribution is -0.117. The number of hydrogen-bond donors (Lipinski definition) is 2. The quantitative estimate of drug-likeness (QED) is 0.775. The molecule has 0 bridgehead atoms. The molecule has 1 amide bonds. The maximum absolute atomic E-state index is 11.9. The number of carbonyl (C=O) groups excluding carboxylic acids is 1. The normalized spacial score (nSPS) is 21.6. The van der Waals surface area contributed by atoms with Gasteiger partial charge in [0.1, 0.15) is 5.76 Å². The summed E-state index contributed by atoms with van der Waals surface area (Å²) in [6, 6.07) is 2.42. The molecule has 7 nitrogen and oxygen atoms in total. The molecule has 2 saturated heterocycles. The largest absolute Gasteiger partial charge is 0.360 e. The smallest absolute Gasteiger partial charge is 0.239 e. The number of anilines is 1. The van der Waals surface area contributed by atoms with E-state index in [-0.39, 0.29) is 5.91 Å². The SMILES string of the molecule is Cc1cc(NC(=O)CN2CCN(C3CNC3)CC2)no1. The Bertz CT molecular complexity index is 463. The Morgan fingerprint density at radius 3 is 2.75 bits per heavy atom. The highest BCUT2D eigenvalue weighted by Gasteiger charge is 2.28. The molecule has 110 valence electrons. The van der Waals surface area contributed by atoms with Crippen molar-refractivity contribution in [2.45, 2.75) is 13.0 Å². The van der Waals surface area contributed by atoms with Crippen molar-refractivity contribution in [2.75, 3.05) is 51.1 Å². The van der Waals surface area contributed by atoms with Crippen LogP contribution in [-0.4, -0.2) is 72.7 Å². The molecule has 0 saturated carbocycles. The van der Waals surface area contributed by atoms with Crippen LogP contribution < -0.4 is 10.6 Å². The average Bonchev–Trinajstić information content (AvgIpc) is 2.75. The number of rotatable bonds is 4. The lowest BCUT2D eigenvalue weighted by Gasteiger charge is -2.43. The van der Waals surface area contributed by atoms with Crippen molar-refractivity contribution in [1.82, 2.24) is 20.3 Å². The van der Waals surface area contributed by atoms with Gasteiger partial charge in [0.05, 0.1) is 6.54 Å². The average molecular weight is 279 g/mol. The van der Waals surface area contributed by atoms with Gasteiger partial charge >= 0.3 is 0 Å². The predicted molar refractivity (Wildman–Crippen MR) is 74.5 cm³/mol. The third-order valence-corrected chi connectivity index (χ3v) is 3.95. The van der Waals surface area contributed by atoms with E-state index in [4.69, 9.17) is 4.52 Å². The van der Waals surface area contributed by atoms with Crippen LogP contribution in [0.5, 0.6) is 0 Å². The molecule has 0 spiro atoms. The number of carbonyl (C=O) groups is 1. The van der Waals surface area contributed by atoms with Gasteiger partial charge in [-0.1, -0.05) is 5.16 Å². The molecule has 0 aliphatic carbocycles. The topological polar surface area (TPSA) is 73.6 Å². The van der Waals surface area contributed by atoms with Crippen molar-refractivity contribution >= 4 is 11.7 Å². The number of aryl methyl sites for hydroxylation is 1. The van der Waals surface area contributed by atoms with Crippen molar-refractivity contribution in [1.29, 1.82) is 0 Å². The van der Waals surface area contributed by atoms with E-state index >= 15 is 0 Å².